The summed E-state index contributed by atoms with van der Waals surface area (Å²) >= 11 is 0. The number of amides is 1. The molecule has 1 aromatic heterocycles. The fourth-order valence-electron chi connectivity index (χ4n) is 4.01. The second-order valence-corrected chi connectivity index (χ2v) is 6.99. The zero-order chi connectivity index (χ0) is 15.0. The van der Waals surface area contributed by atoms with Crippen LogP contribution in [0.25, 0.3) is 0 Å². The number of tetrazole rings is 1. The van der Waals surface area contributed by atoms with Crippen molar-refractivity contribution in [3.8, 4) is 0 Å². The van der Waals surface area contributed by atoms with Gasteiger partial charge in [-0.25, -0.2) is 0 Å². The summed E-state index contributed by atoms with van der Waals surface area (Å²) in [6, 6.07) is 0.426. The van der Waals surface area contributed by atoms with Crippen LogP contribution in [0, 0.1) is 17.8 Å². The van der Waals surface area contributed by atoms with Crippen LogP contribution >= 0.6 is 0 Å². The molecule has 6 heteroatoms. The van der Waals surface area contributed by atoms with Gasteiger partial charge in [0.2, 0.25) is 5.91 Å². The van der Waals surface area contributed by atoms with Gasteiger partial charge in [-0.3, -0.25) is 4.79 Å². The highest BCUT2D eigenvalue weighted by Gasteiger charge is 2.42. The summed E-state index contributed by atoms with van der Waals surface area (Å²) in [5, 5.41) is 15.3. The Hall–Kier alpha value is -1.46. The van der Waals surface area contributed by atoms with Gasteiger partial charge in [0.1, 0.15) is 0 Å². The van der Waals surface area contributed by atoms with Crippen molar-refractivity contribution in [1.29, 1.82) is 0 Å². The topological polar surface area (TPSA) is 72.7 Å². The number of rotatable bonds is 5. The molecule has 21 heavy (non-hydrogen) atoms. The SMILES string of the molecule is CC(C)n1nnc(CC(=O)N[C@H](C)[C@H]2C[C@@H]3CC[C@@H]2C3)n1. The molecule has 0 saturated heterocycles. The van der Waals surface area contributed by atoms with Crippen LogP contribution in [0.3, 0.4) is 0 Å². The maximum Gasteiger partial charge on any atom is 0.228 e. The van der Waals surface area contributed by atoms with Gasteiger partial charge in [0.15, 0.2) is 5.82 Å². The second-order valence-electron chi connectivity index (χ2n) is 6.99. The fraction of sp³-hybridized carbons (Fsp3) is 0.867. The zero-order valence-electron chi connectivity index (χ0n) is 13.1. The van der Waals surface area contributed by atoms with Crippen molar-refractivity contribution in [2.24, 2.45) is 17.8 Å². The number of hydrogen-bond acceptors (Lipinski definition) is 4. The smallest absolute Gasteiger partial charge is 0.228 e. The number of nitrogens with one attached hydrogen (secondary N) is 1. The molecule has 2 saturated carbocycles. The van der Waals surface area contributed by atoms with Gasteiger partial charge in [-0.15, -0.1) is 10.2 Å². The van der Waals surface area contributed by atoms with Gasteiger partial charge in [0.05, 0.1) is 12.5 Å². The van der Waals surface area contributed by atoms with E-state index in [9.17, 15) is 4.79 Å². The lowest BCUT2D eigenvalue weighted by molar-refractivity contribution is -0.121. The van der Waals surface area contributed by atoms with Gasteiger partial charge < -0.3 is 5.32 Å². The van der Waals surface area contributed by atoms with Crippen molar-refractivity contribution in [1.82, 2.24) is 25.5 Å². The van der Waals surface area contributed by atoms with Crippen molar-refractivity contribution >= 4 is 5.91 Å². The predicted molar refractivity (Wildman–Crippen MR) is 78.4 cm³/mol. The first-order chi connectivity index (χ1) is 10.0. The highest BCUT2D eigenvalue weighted by atomic mass is 16.1. The Kier molecular flexibility index (Phi) is 3.95. The highest BCUT2D eigenvalue weighted by Crippen LogP contribution is 2.49. The van der Waals surface area contributed by atoms with Crippen LogP contribution in [0.15, 0.2) is 0 Å². The van der Waals surface area contributed by atoms with E-state index in [0.29, 0.717) is 11.7 Å². The predicted octanol–water partition coefficient (Wildman–Crippen LogP) is 1.74. The lowest BCUT2D eigenvalue weighted by atomic mass is 9.84. The summed E-state index contributed by atoms with van der Waals surface area (Å²) in [5.74, 6) is 2.90. The number of aromatic nitrogens is 4. The van der Waals surface area contributed by atoms with Crippen LogP contribution < -0.4 is 5.32 Å². The molecule has 2 bridgehead atoms. The zero-order valence-corrected chi connectivity index (χ0v) is 13.1. The van der Waals surface area contributed by atoms with Gasteiger partial charge in [-0.1, -0.05) is 6.42 Å². The summed E-state index contributed by atoms with van der Waals surface area (Å²) < 4.78 is 0. The molecule has 1 N–H and O–H groups in total. The monoisotopic (exact) mass is 291 g/mol. The van der Waals surface area contributed by atoms with E-state index in [1.54, 1.807) is 4.80 Å². The molecule has 3 rings (SSSR count). The summed E-state index contributed by atoms with van der Waals surface area (Å²) in [6.07, 6.45) is 5.62. The second kappa shape index (κ2) is 5.73. The molecular weight excluding hydrogens is 266 g/mol. The largest absolute Gasteiger partial charge is 0.353 e. The minimum Gasteiger partial charge on any atom is -0.353 e. The molecule has 0 aromatic carbocycles. The van der Waals surface area contributed by atoms with E-state index < -0.39 is 0 Å². The standard InChI is InChI=1S/C15H25N5O/c1-9(2)20-18-14(17-19-20)8-15(21)16-10(3)13-7-11-4-5-12(13)6-11/h9-13H,4-8H2,1-3H3,(H,16,21)/t10-,11-,12-,13-/m1/s1. The Bertz CT molecular complexity index is 512. The summed E-state index contributed by atoms with van der Waals surface area (Å²) in [4.78, 5) is 13.7. The Labute approximate surface area is 125 Å². The molecule has 0 spiro atoms. The van der Waals surface area contributed by atoms with Gasteiger partial charge >= 0.3 is 0 Å². The van der Waals surface area contributed by atoms with E-state index in [-0.39, 0.29) is 24.4 Å². The minimum absolute atomic E-state index is 0.00794. The minimum atomic E-state index is 0.00794. The highest BCUT2D eigenvalue weighted by molar-refractivity contribution is 5.77. The maximum atomic E-state index is 12.1. The normalized spacial score (nSPS) is 29.0. The first kappa shape index (κ1) is 14.5. The van der Waals surface area contributed by atoms with Crippen molar-refractivity contribution in [3.05, 3.63) is 5.82 Å². The van der Waals surface area contributed by atoms with Crippen molar-refractivity contribution in [2.45, 2.75) is 65.0 Å². The summed E-state index contributed by atoms with van der Waals surface area (Å²) in [5.41, 5.74) is 0. The molecule has 1 aromatic rings. The first-order valence-corrected chi connectivity index (χ1v) is 8.10. The van der Waals surface area contributed by atoms with Crippen LogP contribution in [-0.4, -0.2) is 32.2 Å². The van der Waals surface area contributed by atoms with Gasteiger partial charge in [0.25, 0.3) is 0 Å². The quantitative estimate of drug-likeness (QED) is 0.897. The van der Waals surface area contributed by atoms with E-state index in [0.717, 1.165) is 11.8 Å². The molecule has 0 radical (unpaired) electrons. The van der Waals surface area contributed by atoms with Crippen molar-refractivity contribution < 1.29 is 4.79 Å². The molecule has 1 heterocycles. The van der Waals surface area contributed by atoms with E-state index in [4.69, 9.17) is 0 Å². The van der Waals surface area contributed by atoms with Crippen LogP contribution in [0.4, 0.5) is 0 Å². The fourth-order valence-corrected chi connectivity index (χ4v) is 4.01. The molecule has 4 atom stereocenters. The van der Waals surface area contributed by atoms with Gasteiger partial charge in [0, 0.05) is 6.04 Å². The maximum absolute atomic E-state index is 12.1. The number of fused-ring (bicyclic) bond motifs is 2. The van der Waals surface area contributed by atoms with Crippen LogP contribution in [0.2, 0.25) is 0 Å². The van der Waals surface area contributed by atoms with Crippen molar-refractivity contribution in [2.75, 3.05) is 0 Å². The molecule has 116 valence electrons. The molecule has 2 aliphatic rings. The lowest BCUT2D eigenvalue weighted by Gasteiger charge is -2.28. The Morgan fingerprint density at radius 3 is 2.71 bits per heavy atom. The average molecular weight is 291 g/mol. The van der Waals surface area contributed by atoms with E-state index in [1.807, 2.05) is 13.8 Å². The third-order valence-corrected chi connectivity index (χ3v) is 5.07. The molecule has 6 nitrogen and oxygen atoms in total. The Morgan fingerprint density at radius 1 is 1.33 bits per heavy atom. The number of carbonyl (C=O) groups excluding carboxylic acids is 1. The Balaban J connectivity index is 1.51. The average Bonchev–Trinajstić information content (AvgIpc) is 3.13. The lowest BCUT2D eigenvalue weighted by Crippen LogP contribution is -2.40. The molecule has 0 unspecified atom stereocenters. The van der Waals surface area contributed by atoms with E-state index >= 15 is 0 Å². The molecular formula is C15H25N5O. The number of hydrogen-bond donors (Lipinski definition) is 1. The summed E-state index contributed by atoms with van der Waals surface area (Å²) in [7, 11) is 0. The van der Waals surface area contributed by atoms with E-state index in [2.05, 4.69) is 27.7 Å². The van der Waals surface area contributed by atoms with Crippen molar-refractivity contribution in [3.63, 3.8) is 0 Å². The molecule has 1 amide bonds. The number of carbonyl (C=O) groups is 1. The third kappa shape index (κ3) is 3.09. The van der Waals surface area contributed by atoms with Gasteiger partial charge in [-0.2, -0.15) is 4.80 Å². The third-order valence-electron chi connectivity index (χ3n) is 5.07. The van der Waals surface area contributed by atoms with Crippen LogP contribution in [0.5, 0.6) is 0 Å². The molecule has 0 aliphatic heterocycles. The Morgan fingerprint density at radius 2 is 2.14 bits per heavy atom. The number of nitrogens with zero attached hydrogens (tertiary/aromatic N) is 4. The van der Waals surface area contributed by atoms with Gasteiger partial charge in [-0.05, 0) is 63.0 Å². The molecule has 2 fully saturated rings. The van der Waals surface area contributed by atoms with Crippen LogP contribution in [-0.2, 0) is 11.2 Å². The van der Waals surface area contributed by atoms with E-state index in [1.165, 1.54) is 25.7 Å². The summed E-state index contributed by atoms with van der Waals surface area (Å²) in [6.45, 7) is 6.12. The first-order valence-electron chi connectivity index (χ1n) is 8.10. The molecule has 2 aliphatic carbocycles. The van der Waals surface area contributed by atoms with Crippen LogP contribution in [0.1, 0.15) is 58.3 Å².